The molecule has 5 heteroatoms. The Morgan fingerprint density at radius 1 is 1.63 bits per heavy atom. The summed E-state index contributed by atoms with van der Waals surface area (Å²) in [5, 5.41) is 21.2. The van der Waals surface area contributed by atoms with Gasteiger partial charge in [0, 0.05) is 26.1 Å². The summed E-state index contributed by atoms with van der Waals surface area (Å²) in [5.41, 5.74) is 2.17. The lowest BCUT2D eigenvalue weighted by atomic mass is 10.1. The molecule has 0 radical (unpaired) electrons. The van der Waals surface area contributed by atoms with Gasteiger partial charge >= 0.3 is 0 Å². The van der Waals surface area contributed by atoms with Crippen molar-refractivity contribution in [1.29, 1.82) is 5.26 Å². The van der Waals surface area contributed by atoms with E-state index in [0.717, 1.165) is 24.2 Å². The van der Waals surface area contributed by atoms with E-state index in [9.17, 15) is 10.1 Å². The SMILES string of the molecule is CC(=O)NC1CCN(c2ccc(CO)cc2C#N)C1. The predicted octanol–water partition coefficient (Wildman–Crippen LogP) is 0.765. The molecule has 1 aliphatic heterocycles. The van der Waals surface area contributed by atoms with Crippen molar-refractivity contribution in [3.05, 3.63) is 29.3 Å². The van der Waals surface area contributed by atoms with E-state index in [2.05, 4.69) is 16.3 Å². The van der Waals surface area contributed by atoms with Crippen LogP contribution in [0.3, 0.4) is 0 Å². The number of nitriles is 1. The van der Waals surface area contributed by atoms with Crippen LogP contribution in [-0.2, 0) is 11.4 Å². The number of hydrogen-bond acceptors (Lipinski definition) is 4. The normalized spacial score (nSPS) is 18.2. The molecule has 1 aromatic rings. The third-order valence-electron chi connectivity index (χ3n) is 3.30. The largest absolute Gasteiger partial charge is 0.392 e. The second-order valence-corrected chi connectivity index (χ2v) is 4.75. The lowest BCUT2D eigenvalue weighted by Crippen LogP contribution is -2.35. The average Bonchev–Trinajstić information content (AvgIpc) is 2.85. The van der Waals surface area contributed by atoms with Gasteiger partial charge < -0.3 is 15.3 Å². The Morgan fingerprint density at radius 3 is 3.05 bits per heavy atom. The summed E-state index contributed by atoms with van der Waals surface area (Å²) in [5.74, 6) is -0.0250. The molecule has 1 atom stereocenters. The molecule has 2 N–H and O–H groups in total. The number of carbonyl (C=O) groups is 1. The van der Waals surface area contributed by atoms with E-state index >= 15 is 0 Å². The van der Waals surface area contributed by atoms with Crippen molar-refractivity contribution in [3.63, 3.8) is 0 Å². The minimum atomic E-state index is -0.0660. The maximum Gasteiger partial charge on any atom is 0.217 e. The van der Waals surface area contributed by atoms with E-state index in [0.29, 0.717) is 12.1 Å². The summed E-state index contributed by atoms with van der Waals surface area (Å²) in [7, 11) is 0. The summed E-state index contributed by atoms with van der Waals surface area (Å²) in [6, 6.07) is 7.70. The van der Waals surface area contributed by atoms with E-state index < -0.39 is 0 Å². The molecule has 5 nitrogen and oxygen atoms in total. The Hall–Kier alpha value is -2.06. The number of aliphatic hydroxyl groups excluding tert-OH is 1. The second-order valence-electron chi connectivity index (χ2n) is 4.75. The van der Waals surface area contributed by atoms with Crippen LogP contribution in [0.15, 0.2) is 18.2 Å². The van der Waals surface area contributed by atoms with Gasteiger partial charge in [0.1, 0.15) is 6.07 Å². The summed E-state index contributed by atoms with van der Waals surface area (Å²) in [4.78, 5) is 13.1. The number of rotatable bonds is 3. The van der Waals surface area contributed by atoms with Gasteiger partial charge in [-0.25, -0.2) is 0 Å². The van der Waals surface area contributed by atoms with Gasteiger partial charge in [-0.1, -0.05) is 6.07 Å². The molecule has 1 aromatic carbocycles. The van der Waals surface area contributed by atoms with Gasteiger partial charge in [0.25, 0.3) is 0 Å². The van der Waals surface area contributed by atoms with E-state index in [4.69, 9.17) is 5.11 Å². The summed E-state index contributed by atoms with van der Waals surface area (Å²) >= 11 is 0. The first-order chi connectivity index (χ1) is 9.13. The van der Waals surface area contributed by atoms with Crippen LogP contribution in [0, 0.1) is 11.3 Å². The molecule has 19 heavy (non-hydrogen) atoms. The molecular formula is C14H17N3O2. The van der Waals surface area contributed by atoms with Crippen LogP contribution in [0.4, 0.5) is 5.69 Å². The number of anilines is 1. The molecule has 1 aliphatic rings. The Morgan fingerprint density at radius 2 is 2.42 bits per heavy atom. The molecule has 0 aliphatic carbocycles. The van der Waals surface area contributed by atoms with Crippen LogP contribution in [-0.4, -0.2) is 30.1 Å². The first-order valence-corrected chi connectivity index (χ1v) is 6.30. The van der Waals surface area contributed by atoms with E-state index in [1.807, 2.05) is 12.1 Å². The van der Waals surface area contributed by atoms with Crippen LogP contribution in [0.1, 0.15) is 24.5 Å². The highest BCUT2D eigenvalue weighted by Gasteiger charge is 2.24. The smallest absolute Gasteiger partial charge is 0.217 e. The number of nitrogens with zero attached hydrogens (tertiary/aromatic N) is 2. The lowest BCUT2D eigenvalue weighted by Gasteiger charge is -2.20. The van der Waals surface area contributed by atoms with Gasteiger partial charge in [-0.3, -0.25) is 4.79 Å². The first-order valence-electron chi connectivity index (χ1n) is 6.30. The monoisotopic (exact) mass is 259 g/mol. The molecule has 100 valence electrons. The van der Waals surface area contributed by atoms with Crippen molar-refractivity contribution in [2.75, 3.05) is 18.0 Å². The van der Waals surface area contributed by atoms with Crippen molar-refractivity contribution < 1.29 is 9.90 Å². The fourth-order valence-corrected chi connectivity index (χ4v) is 2.43. The third-order valence-corrected chi connectivity index (χ3v) is 3.30. The van der Waals surface area contributed by atoms with Gasteiger partial charge in [0.2, 0.25) is 5.91 Å². The third kappa shape index (κ3) is 3.04. The number of nitrogens with one attached hydrogen (secondary N) is 1. The first kappa shape index (κ1) is 13.4. The molecular weight excluding hydrogens is 242 g/mol. The Labute approximate surface area is 112 Å². The number of carbonyl (C=O) groups excluding carboxylic acids is 1. The van der Waals surface area contributed by atoms with Gasteiger partial charge in [-0.2, -0.15) is 5.26 Å². The van der Waals surface area contributed by atoms with Crippen LogP contribution in [0.25, 0.3) is 0 Å². The van der Waals surface area contributed by atoms with Gasteiger partial charge in [0.15, 0.2) is 0 Å². The zero-order chi connectivity index (χ0) is 13.8. The van der Waals surface area contributed by atoms with E-state index in [1.165, 1.54) is 6.92 Å². The Kier molecular flexibility index (Phi) is 4.03. The standard InChI is InChI=1S/C14H17N3O2/c1-10(19)16-13-4-5-17(8-13)14-3-2-11(9-18)6-12(14)7-15/h2-3,6,13,18H,4-5,8-9H2,1H3,(H,16,19). The van der Waals surface area contributed by atoms with Crippen molar-refractivity contribution in [2.45, 2.75) is 26.0 Å². The van der Waals surface area contributed by atoms with Crippen LogP contribution < -0.4 is 10.2 Å². The molecule has 0 saturated carbocycles. The number of benzene rings is 1. The predicted molar refractivity (Wildman–Crippen MR) is 71.5 cm³/mol. The molecule has 1 amide bonds. The minimum absolute atomic E-state index is 0.0250. The molecule has 0 bridgehead atoms. The fraction of sp³-hybridized carbons (Fsp3) is 0.429. The topological polar surface area (TPSA) is 76.4 Å². The molecule has 0 aromatic heterocycles. The quantitative estimate of drug-likeness (QED) is 0.840. The van der Waals surface area contributed by atoms with Crippen molar-refractivity contribution in [3.8, 4) is 6.07 Å². The Balaban J connectivity index is 2.15. The number of amides is 1. The zero-order valence-electron chi connectivity index (χ0n) is 10.9. The van der Waals surface area contributed by atoms with Gasteiger partial charge in [-0.15, -0.1) is 0 Å². The van der Waals surface area contributed by atoms with Crippen molar-refractivity contribution >= 4 is 11.6 Å². The number of aliphatic hydroxyl groups is 1. The van der Waals surface area contributed by atoms with Gasteiger partial charge in [0.05, 0.1) is 17.9 Å². The highest BCUT2D eigenvalue weighted by Crippen LogP contribution is 2.25. The molecule has 1 saturated heterocycles. The van der Waals surface area contributed by atoms with E-state index in [1.54, 1.807) is 6.07 Å². The highest BCUT2D eigenvalue weighted by atomic mass is 16.3. The fourth-order valence-electron chi connectivity index (χ4n) is 2.43. The molecule has 1 heterocycles. The molecule has 2 rings (SSSR count). The second kappa shape index (κ2) is 5.72. The van der Waals surface area contributed by atoms with Crippen LogP contribution in [0.2, 0.25) is 0 Å². The highest BCUT2D eigenvalue weighted by molar-refractivity contribution is 5.73. The van der Waals surface area contributed by atoms with E-state index in [-0.39, 0.29) is 18.6 Å². The van der Waals surface area contributed by atoms with Crippen molar-refractivity contribution in [1.82, 2.24) is 5.32 Å². The Bertz CT molecular complexity index is 522. The van der Waals surface area contributed by atoms with Crippen molar-refractivity contribution in [2.24, 2.45) is 0 Å². The summed E-state index contributed by atoms with van der Waals surface area (Å²) in [6.45, 7) is 2.98. The van der Waals surface area contributed by atoms with Gasteiger partial charge in [-0.05, 0) is 24.1 Å². The molecule has 1 unspecified atom stereocenters. The number of hydrogen-bond donors (Lipinski definition) is 2. The summed E-state index contributed by atoms with van der Waals surface area (Å²) in [6.07, 6.45) is 0.881. The maximum atomic E-state index is 11.0. The van der Waals surface area contributed by atoms with Crippen LogP contribution >= 0.6 is 0 Å². The maximum absolute atomic E-state index is 11.0. The lowest BCUT2D eigenvalue weighted by molar-refractivity contribution is -0.119. The minimum Gasteiger partial charge on any atom is -0.392 e. The average molecular weight is 259 g/mol. The molecule has 1 fully saturated rings. The van der Waals surface area contributed by atoms with Crippen LogP contribution in [0.5, 0.6) is 0 Å². The summed E-state index contributed by atoms with van der Waals surface area (Å²) < 4.78 is 0. The zero-order valence-corrected chi connectivity index (χ0v) is 10.9. The molecule has 0 spiro atoms.